The number of hydrogen-bond acceptors (Lipinski definition) is 7. The van der Waals surface area contributed by atoms with Crippen LogP contribution in [0.1, 0.15) is 50.6 Å². The van der Waals surface area contributed by atoms with Gasteiger partial charge in [-0.1, -0.05) is 67.3 Å². The van der Waals surface area contributed by atoms with Crippen molar-refractivity contribution in [3.05, 3.63) is 99.3 Å². The molecule has 1 amide bonds. The lowest BCUT2D eigenvalue weighted by atomic mass is 9.94. The van der Waals surface area contributed by atoms with Crippen LogP contribution in [0.3, 0.4) is 0 Å². The van der Waals surface area contributed by atoms with E-state index in [2.05, 4.69) is 11.6 Å². The highest BCUT2D eigenvalue weighted by Crippen LogP contribution is 2.44. The molecule has 1 aliphatic rings. The number of aliphatic hydroxyl groups excluding tert-OH is 1. The van der Waals surface area contributed by atoms with E-state index in [0.29, 0.717) is 16.8 Å². The Morgan fingerprint density at radius 2 is 1.92 bits per heavy atom. The largest absolute Gasteiger partial charge is 0.507 e. The molecule has 37 heavy (non-hydrogen) atoms. The molecule has 1 saturated heterocycles. The third-order valence-electron chi connectivity index (χ3n) is 6.10. The van der Waals surface area contributed by atoms with E-state index in [0.717, 1.165) is 29.4 Å². The molecule has 0 saturated carbocycles. The molecular formula is C28H25FN2O5S. The fraction of sp³-hybridized carbons (Fsp3) is 0.214. The number of esters is 1. The Hall–Kier alpha value is -4.11. The molecule has 0 aliphatic carbocycles. The van der Waals surface area contributed by atoms with Crippen molar-refractivity contribution in [2.24, 2.45) is 0 Å². The maximum Gasteiger partial charge on any atom is 0.350 e. The summed E-state index contributed by atoms with van der Waals surface area (Å²) in [6.45, 7) is 8.70. The van der Waals surface area contributed by atoms with Crippen molar-refractivity contribution >= 4 is 39.9 Å². The van der Waals surface area contributed by atoms with Crippen LogP contribution in [0, 0.1) is 19.7 Å². The number of aliphatic hydroxyl groups is 1. The fourth-order valence-electron chi connectivity index (χ4n) is 4.05. The zero-order valence-electron chi connectivity index (χ0n) is 20.6. The fourth-order valence-corrected chi connectivity index (χ4v) is 5.04. The van der Waals surface area contributed by atoms with E-state index in [4.69, 9.17) is 4.74 Å². The molecule has 1 N–H and O–H groups in total. The Kier molecular flexibility index (Phi) is 7.35. The van der Waals surface area contributed by atoms with E-state index < -0.39 is 35.3 Å². The molecule has 1 fully saturated rings. The molecule has 0 radical (unpaired) electrons. The summed E-state index contributed by atoms with van der Waals surface area (Å²) in [5.74, 6) is -3.54. The number of halogens is 1. The highest BCUT2D eigenvalue weighted by Gasteiger charge is 2.48. The first kappa shape index (κ1) is 26.0. The molecule has 9 heteroatoms. The number of ketones is 1. The van der Waals surface area contributed by atoms with Crippen molar-refractivity contribution < 1.29 is 28.6 Å². The second-order valence-corrected chi connectivity index (χ2v) is 9.50. The molecule has 1 aromatic heterocycles. The van der Waals surface area contributed by atoms with E-state index >= 15 is 0 Å². The van der Waals surface area contributed by atoms with Gasteiger partial charge in [0.1, 0.15) is 23.1 Å². The lowest BCUT2D eigenvalue weighted by Gasteiger charge is -2.23. The normalized spacial score (nSPS) is 16.8. The number of carbonyl (C=O) groups is 3. The summed E-state index contributed by atoms with van der Waals surface area (Å²) in [6.07, 6.45) is 2.21. The number of Topliss-reactive ketones (excluding diaryl/α,β-unsaturated/α-hetero) is 1. The molecule has 1 unspecified atom stereocenters. The minimum atomic E-state index is -1.04. The number of rotatable bonds is 7. The minimum absolute atomic E-state index is 0.00685. The Morgan fingerprint density at radius 1 is 1.22 bits per heavy atom. The van der Waals surface area contributed by atoms with Crippen LogP contribution in [0.5, 0.6) is 0 Å². The molecule has 1 atom stereocenters. The van der Waals surface area contributed by atoms with Crippen LogP contribution in [0.15, 0.2) is 60.7 Å². The van der Waals surface area contributed by atoms with Crippen LogP contribution in [0.25, 0.3) is 5.76 Å². The predicted octanol–water partition coefficient (Wildman–Crippen LogP) is 5.43. The summed E-state index contributed by atoms with van der Waals surface area (Å²) in [7, 11) is 0. The monoisotopic (exact) mass is 520 g/mol. The highest BCUT2D eigenvalue weighted by atomic mass is 32.1. The molecule has 2 heterocycles. The van der Waals surface area contributed by atoms with E-state index in [9.17, 15) is 23.9 Å². The molecule has 0 spiro atoms. The molecule has 0 bridgehead atoms. The number of ether oxygens (including phenoxy) is 1. The van der Waals surface area contributed by atoms with Crippen molar-refractivity contribution in [1.82, 2.24) is 4.98 Å². The molecule has 3 aromatic rings. The van der Waals surface area contributed by atoms with E-state index in [1.54, 1.807) is 26.0 Å². The van der Waals surface area contributed by atoms with Crippen LogP contribution >= 0.6 is 11.3 Å². The van der Waals surface area contributed by atoms with Gasteiger partial charge in [-0.2, -0.15) is 0 Å². The predicted molar refractivity (Wildman–Crippen MR) is 139 cm³/mol. The number of benzene rings is 2. The van der Waals surface area contributed by atoms with Gasteiger partial charge in [-0.05, 0) is 43.0 Å². The molecule has 190 valence electrons. The Labute approximate surface area is 217 Å². The number of aromatic nitrogens is 1. The third kappa shape index (κ3) is 4.82. The van der Waals surface area contributed by atoms with Crippen LogP contribution in [0.4, 0.5) is 9.52 Å². The molecule has 2 aromatic carbocycles. The summed E-state index contributed by atoms with van der Waals surface area (Å²) in [5, 5.41) is 11.3. The molecular weight excluding hydrogens is 495 g/mol. The standard InChI is InChI=1S/C28H25FN2O5S/c1-5-13-36-27(35)25-16(4)30-28(37-25)31-22(18-11-8-17(6-2)9-12-18)21(24(33)26(31)34)23(32)19-10-7-15(3)20(29)14-19/h5,7-12,14,22,32H,1,6,13H2,2-4H3. The zero-order chi connectivity index (χ0) is 26.9. The van der Waals surface area contributed by atoms with Crippen molar-refractivity contribution in [2.45, 2.75) is 33.2 Å². The van der Waals surface area contributed by atoms with Gasteiger partial charge in [0, 0.05) is 5.56 Å². The third-order valence-corrected chi connectivity index (χ3v) is 7.24. The summed E-state index contributed by atoms with van der Waals surface area (Å²) in [4.78, 5) is 44.9. The van der Waals surface area contributed by atoms with Crippen molar-refractivity contribution in [3.63, 3.8) is 0 Å². The number of nitrogens with zero attached hydrogens (tertiary/aromatic N) is 2. The van der Waals surface area contributed by atoms with Gasteiger partial charge in [0.15, 0.2) is 5.13 Å². The van der Waals surface area contributed by atoms with Gasteiger partial charge in [0.05, 0.1) is 17.3 Å². The van der Waals surface area contributed by atoms with Gasteiger partial charge in [-0.15, -0.1) is 0 Å². The molecule has 7 nitrogen and oxygen atoms in total. The molecule has 4 rings (SSSR count). The van der Waals surface area contributed by atoms with E-state index in [1.165, 1.54) is 23.1 Å². The smallest absolute Gasteiger partial charge is 0.350 e. The minimum Gasteiger partial charge on any atom is -0.507 e. The van der Waals surface area contributed by atoms with E-state index in [1.807, 2.05) is 19.1 Å². The first-order valence-corrected chi connectivity index (χ1v) is 12.4. The van der Waals surface area contributed by atoms with Crippen LogP contribution in [-0.2, 0) is 20.7 Å². The molecule has 1 aliphatic heterocycles. The maximum absolute atomic E-state index is 14.3. The lowest BCUT2D eigenvalue weighted by molar-refractivity contribution is -0.132. The van der Waals surface area contributed by atoms with Crippen LogP contribution < -0.4 is 4.90 Å². The highest BCUT2D eigenvalue weighted by molar-refractivity contribution is 7.17. The average Bonchev–Trinajstić information content (AvgIpc) is 3.40. The Bertz CT molecular complexity index is 1440. The van der Waals surface area contributed by atoms with Crippen molar-refractivity contribution in [3.8, 4) is 0 Å². The summed E-state index contributed by atoms with van der Waals surface area (Å²) < 4.78 is 19.4. The average molecular weight is 521 g/mol. The number of aryl methyl sites for hydroxylation is 3. The second kappa shape index (κ2) is 10.5. The lowest BCUT2D eigenvalue weighted by Crippen LogP contribution is -2.29. The number of carbonyl (C=O) groups excluding carboxylic acids is 3. The van der Waals surface area contributed by atoms with Crippen molar-refractivity contribution in [2.75, 3.05) is 11.5 Å². The summed E-state index contributed by atoms with van der Waals surface area (Å²) >= 11 is 0.910. The van der Waals surface area contributed by atoms with Crippen LogP contribution in [0.2, 0.25) is 0 Å². The number of hydrogen-bond donors (Lipinski definition) is 1. The summed E-state index contributed by atoms with van der Waals surface area (Å²) in [6, 6.07) is 10.3. The summed E-state index contributed by atoms with van der Waals surface area (Å²) in [5.41, 5.74) is 2.17. The quantitative estimate of drug-likeness (QED) is 0.147. The van der Waals surface area contributed by atoms with E-state index in [-0.39, 0.29) is 27.8 Å². The SMILES string of the molecule is C=CCOC(=O)c1sc(N2C(=O)C(=O)C(=C(O)c3ccc(C)c(F)c3)C2c2ccc(CC)cc2)nc1C. The topological polar surface area (TPSA) is 96.8 Å². The zero-order valence-corrected chi connectivity index (χ0v) is 21.4. The first-order chi connectivity index (χ1) is 17.7. The Morgan fingerprint density at radius 3 is 2.54 bits per heavy atom. The van der Waals surface area contributed by atoms with Crippen molar-refractivity contribution in [1.29, 1.82) is 0 Å². The van der Waals surface area contributed by atoms with Crippen LogP contribution in [-0.4, -0.2) is 34.4 Å². The van der Waals surface area contributed by atoms with Gasteiger partial charge < -0.3 is 9.84 Å². The Balaban J connectivity index is 1.89. The van der Waals surface area contributed by atoms with Gasteiger partial charge in [-0.25, -0.2) is 14.2 Å². The number of thiazole rings is 1. The van der Waals surface area contributed by atoms with Gasteiger partial charge in [0.25, 0.3) is 5.78 Å². The van der Waals surface area contributed by atoms with Gasteiger partial charge in [0.2, 0.25) is 0 Å². The number of amides is 1. The second-order valence-electron chi connectivity index (χ2n) is 8.53. The maximum atomic E-state index is 14.3. The number of anilines is 1. The van der Waals surface area contributed by atoms with Gasteiger partial charge in [-0.3, -0.25) is 14.5 Å². The first-order valence-electron chi connectivity index (χ1n) is 11.6. The van der Waals surface area contributed by atoms with Gasteiger partial charge >= 0.3 is 11.9 Å².